The number of rotatable bonds is 4. The van der Waals surface area contributed by atoms with Crippen molar-refractivity contribution in [3.05, 3.63) is 0 Å². The molecule has 1 aliphatic heterocycles. The monoisotopic (exact) mass is 199 g/mol. The van der Waals surface area contributed by atoms with E-state index in [1.54, 1.807) is 0 Å². The summed E-state index contributed by atoms with van der Waals surface area (Å²) in [6, 6.07) is 0. The van der Waals surface area contributed by atoms with Crippen molar-refractivity contribution < 1.29 is 9.47 Å². The molecule has 2 fully saturated rings. The van der Waals surface area contributed by atoms with Gasteiger partial charge in [0.05, 0.1) is 24.9 Å². The van der Waals surface area contributed by atoms with Crippen molar-refractivity contribution in [3.8, 4) is 0 Å². The van der Waals surface area contributed by atoms with Crippen molar-refractivity contribution in [2.45, 2.75) is 50.2 Å². The molecule has 0 radical (unpaired) electrons. The van der Waals surface area contributed by atoms with Crippen molar-refractivity contribution in [1.29, 1.82) is 0 Å². The molecule has 1 aliphatic carbocycles. The van der Waals surface area contributed by atoms with Crippen molar-refractivity contribution >= 4 is 0 Å². The number of hydrogen-bond acceptors (Lipinski definition) is 3. The van der Waals surface area contributed by atoms with E-state index in [4.69, 9.17) is 15.2 Å². The summed E-state index contributed by atoms with van der Waals surface area (Å²) in [4.78, 5) is 0. The van der Waals surface area contributed by atoms with Gasteiger partial charge in [0.15, 0.2) is 0 Å². The molecular weight excluding hydrogens is 178 g/mol. The van der Waals surface area contributed by atoms with Crippen LogP contribution >= 0.6 is 0 Å². The molecule has 2 rings (SSSR count). The van der Waals surface area contributed by atoms with E-state index in [2.05, 4.69) is 0 Å². The maximum absolute atomic E-state index is 6.09. The smallest absolute Gasteiger partial charge is 0.0817 e. The van der Waals surface area contributed by atoms with Gasteiger partial charge >= 0.3 is 0 Å². The minimum Gasteiger partial charge on any atom is -0.377 e. The van der Waals surface area contributed by atoms with Gasteiger partial charge in [0.2, 0.25) is 0 Å². The second-order valence-corrected chi connectivity index (χ2v) is 4.53. The molecule has 1 unspecified atom stereocenters. The molecular formula is C11H21NO2. The summed E-state index contributed by atoms with van der Waals surface area (Å²) in [6.07, 6.45) is 7.96. The first-order valence-electron chi connectivity index (χ1n) is 5.80. The van der Waals surface area contributed by atoms with E-state index < -0.39 is 0 Å². The van der Waals surface area contributed by atoms with E-state index >= 15 is 0 Å². The average Bonchev–Trinajstić information content (AvgIpc) is 2.79. The summed E-state index contributed by atoms with van der Waals surface area (Å²) in [5.74, 6) is 0. The molecule has 82 valence electrons. The Labute approximate surface area is 85.9 Å². The van der Waals surface area contributed by atoms with Crippen LogP contribution in [0.1, 0.15) is 38.5 Å². The SMILES string of the molecule is NCCOCC1CCC2(CCCC2)O1. The van der Waals surface area contributed by atoms with Gasteiger partial charge in [-0.15, -0.1) is 0 Å². The lowest BCUT2D eigenvalue weighted by atomic mass is 9.98. The van der Waals surface area contributed by atoms with Crippen LogP contribution in [0.25, 0.3) is 0 Å². The summed E-state index contributed by atoms with van der Waals surface area (Å²) in [6.45, 7) is 2.00. The van der Waals surface area contributed by atoms with E-state index in [0.717, 1.165) is 6.61 Å². The van der Waals surface area contributed by atoms with Crippen molar-refractivity contribution in [2.75, 3.05) is 19.8 Å². The number of hydrogen-bond donors (Lipinski definition) is 1. The predicted molar refractivity (Wildman–Crippen MR) is 55.2 cm³/mol. The Bertz CT molecular complexity index is 178. The fourth-order valence-corrected chi connectivity index (χ4v) is 2.70. The van der Waals surface area contributed by atoms with Crippen molar-refractivity contribution in [2.24, 2.45) is 5.73 Å². The minimum atomic E-state index is 0.247. The third-order valence-electron chi connectivity index (χ3n) is 3.42. The predicted octanol–water partition coefficient (Wildman–Crippen LogP) is 1.45. The molecule has 0 aromatic carbocycles. The van der Waals surface area contributed by atoms with Gasteiger partial charge in [-0.1, -0.05) is 12.8 Å². The second-order valence-electron chi connectivity index (χ2n) is 4.53. The lowest BCUT2D eigenvalue weighted by molar-refractivity contribution is -0.0670. The minimum absolute atomic E-state index is 0.247. The Morgan fingerprint density at radius 3 is 2.79 bits per heavy atom. The van der Waals surface area contributed by atoms with E-state index in [0.29, 0.717) is 19.3 Å². The lowest BCUT2D eigenvalue weighted by Gasteiger charge is -2.23. The fraction of sp³-hybridized carbons (Fsp3) is 1.00. The van der Waals surface area contributed by atoms with Gasteiger partial charge in [-0.3, -0.25) is 0 Å². The summed E-state index contributed by atoms with van der Waals surface area (Å²) in [7, 11) is 0. The molecule has 0 amide bonds. The Morgan fingerprint density at radius 1 is 1.29 bits per heavy atom. The first kappa shape index (κ1) is 10.4. The lowest BCUT2D eigenvalue weighted by Crippen LogP contribution is -2.27. The van der Waals surface area contributed by atoms with E-state index in [-0.39, 0.29) is 5.60 Å². The van der Waals surface area contributed by atoms with Gasteiger partial charge in [0.25, 0.3) is 0 Å². The van der Waals surface area contributed by atoms with Crippen LogP contribution in [0.5, 0.6) is 0 Å². The van der Waals surface area contributed by atoms with Crippen molar-refractivity contribution in [3.63, 3.8) is 0 Å². The summed E-state index contributed by atoms with van der Waals surface area (Å²) < 4.78 is 11.5. The highest BCUT2D eigenvalue weighted by Gasteiger charge is 2.41. The highest BCUT2D eigenvalue weighted by atomic mass is 16.6. The molecule has 3 nitrogen and oxygen atoms in total. The molecule has 3 heteroatoms. The summed E-state index contributed by atoms with van der Waals surface area (Å²) in [5.41, 5.74) is 5.61. The van der Waals surface area contributed by atoms with Gasteiger partial charge in [0.1, 0.15) is 0 Å². The fourth-order valence-electron chi connectivity index (χ4n) is 2.70. The third kappa shape index (κ3) is 2.27. The van der Waals surface area contributed by atoms with Crippen LogP contribution in [0.4, 0.5) is 0 Å². The molecule has 2 aliphatic rings. The highest BCUT2D eigenvalue weighted by molar-refractivity contribution is 4.92. The zero-order valence-corrected chi connectivity index (χ0v) is 8.84. The second kappa shape index (κ2) is 4.60. The van der Waals surface area contributed by atoms with E-state index in [1.807, 2.05) is 0 Å². The third-order valence-corrected chi connectivity index (χ3v) is 3.42. The van der Waals surface area contributed by atoms with Crippen LogP contribution in [-0.4, -0.2) is 31.5 Å². The molecule has 0 aromatic heterocycles. The van der Waals surface area contributed by atoms with Gasteiger partial charge < -0.3 is 15.2 Å². The highest BCUT2D eigenvalue weighted by Crippen LogP contribution is 2.43. The average molecular weight is 199 g/mol. The maximum atomic E-state index is 6.09. The van der Waals surface area contributed by atoms with Gasteiger partial charge in [-0.05, 0) is 25.7 Å². The van der Waals surface area contributed by atoms with Crippen LogP contribution in [0.15, 0.2) is 0 Å². The molecule has 0 aromatic rings. The molecule has 1 saturated heterocycles. The van der Waals surface area contributed by atoms with Crippen molar-refractivity contribution in [1.82, 2.24) is 0 Å². The van der Waals surface area contributed by atoms with Crippen LogP contribution in [0.2, 0.25) is 0 Å². The zero-order chi connectivity index (χ0) is 9.86. The first-order valence-corrected chi connectivity index (χ1v) is 5.80. The molecule has 2 N–H and O–H groups in total. The Kier molecular flexibility index (Phi) is 3.42. The topological polar surface area (TPSA) is 44.5 Å². The largest absolute Gasteiger partial charge is 0.377 e. The van der Waals surface area contributed by atoms with E-state index in [1.165, 1.54) is 38.5 Å². The Morgan fingerprint density at radius 2 is 2.07 bits per heavy atom. The van der Waals surface area contributed by atoms with Gasteiger partial charge in [-0.2, -0.15) is 0 Å². The van der Waals surface area contributed by atoms with E-state index in [9.17, 15) is 0 Å². The first-order chi connectivity index (χ1) is 6.85. The maximum Gasteiger partial charge on any atom is 0.0817 e. The Hall–Kier alpha value is -0.120. The van der Waals surface area contributed by atoms with Crippen LogP contribution < -0.4 is 5.73 Å². The quantitative estimate of drug-likeness (QED) is 0.697. The number of ether oxygens (including phenoxy) is 2. The zero-order valence-electron chi connectivity index (χ0n) is 8.84. The molecule has 1 saturated carbocycles. The normalized spacial score (nSPS) is 30.2. The van der Waals surface area contributed by atoms with Crippen LogP contribution in [0, 0.1) is 0 Å². The number of nitrogens with two attached hydrogens (primary N) is 1. The molecule has 14 heavy (non-hydrogen) atoms. The summed E-state index contributed by atoms with van der Waals surface area (Å²) >= 11 is 0. The summed E-state index contributed by atoms with van der Waals surface area (Å²) in [5, 5.41) is 0. The standard InChI is InChI=1S/C11H21NO2/c12-7-8-13-9-10-3-6-11(14-10)4-1-2-5-11/h10H,1-9,12H2. The van der Waals surface area contributed by atoms with Crippen LogP contribution in [0.3, 0.4) is 0 Å². The van der Waals surface area contributed by atoms with Crippen LogP contribution in [-0.2, 0) is 9.47 Å². The molecule has 1 heterocycles. The van der Waals surface area contributed by atoms with Gasteiger partial charge in [0, 0.05) is 6.54 Å². The molecule has 0 bridgehead atoms. The molecule has 1 spiro atoms. The molecule has 1 atom stereocenters. The Balaban J connectivity index is 1.71. The van der Waals surface area contributed by atoms with Gasteiger partial charge in [-0.25, -0.2) is 0 Å².